The Morgan fingerprint density at radius 3 is 2.85 bits per heavy atom. The van der Waals surface area contributed by atoms with Crippen LogP contribution in [0.4, 0.5) is 0 Å². The van der Waals surface area contributed by atoms with Crippen molar-refractivity contribution in [2.75, 3.05) is 0 Å². The number of nitrogens with zero attached hydrogens (tertiary/aromatic N) is 1. The van der Waals surface area contributed by atoms with E-state index in [4.69, 9.17) is 11.6 Å². The zero-order valence-electron chi connectivity index (χ0n) is 10.5. The fourth-order valence-electron chi connectivity index (χ4n) is 1.97. The Kier molecular flexibility index (Phi) is 3.71. The van der Waals surface area contributed by atoms with Crippen molar-refractivity contribution in [2.24, 2.45) is 0 Å². The summed E-state index contributed by atoms with van der Waals surface area (Å²) in [4.78, 5) is 15.3. The van der Waals surface area contributed by atoms with Gasteiger partial charge < -0.3 is 4.98 Å². The predicted molar refractivity (Wildman–Crippen MR) is 81.4 cm³/mol. The van der Waals surface area contributed by atoms with Crippen LogP contribution in [0, 0.1) is 0 Å². The summed E-state index contributed by atoms with van der Waals surface area (Å²) in [6.45, 7) is 0. The number of hydrogen-bond donors (Lipinski definition) is 2. The van der Waals surface area contributed by atoms with E-state index >= 15 is 0 Å². The summed E-state index contributed by atoms with van der Waals surface area (Å²) in [6.07, 6.45) is 1.78. The molecule has 0 aliphatic rings. The first-order chi connectivity index (χ1) is 9.70. The van der Waals surface area contributed by atoms with Crippen LogP contribution in [0.25, 0.3) is 11.4 Å². The molecular weight excluding hydrogens is 294 g/mol. The minimum atomic E-state index is -0.125. The van der Waals surface area contributed by atoms with Crippen molar-refractivity contribution in [3.63, 3.8) is 0 Å². The Morgan fingerprint density at radius 2 is 2.10 bits per heavy atom. The fraction of sp³-hybridized carbons (Fsp3) is 0.143. The minimum Gasteiger partial charge on any atom is -0.321 e. The highest BCUT2D eigenvalue weighted by Gasteiger charge is 2.06. The number of H-pyrrole nitrogens is 2. The molecule has 0 amide bonds. The monoisotopic (exact) mass is 305 g/mol. The second kappa shape index (κ2) is 5.64. The second-order valence-electron chi connectivity index (χ2n) is 4.41. The summed E-state index contributed by atoms with van der Waals surface area (Å²) >= 11 is 7.50. The van der Waals surface area contributed by atoms with Crippen LogP contribution in [-0.4, -0.2) is 15.2 Å². The van der Waals surface area contributed by atoms with Crippen molar-refractivity contribution >= 4 is 22.9 Å². The molecule has 0 saturated carbocycles. The van der Waals surface area contributed by atoms with E-state index in [1.54, 1.807) is 17.4 Å². The maximum absolute atomic E-state index is 11.3. The molecule has 0 aliphatic heterocycles. The number of pyridine rings is 1. The van der Waals surface area contributed by atoms with Crippen LogP contribution in [0.15, 0.2) is 41.2 Å². The molecule has 0 atom stereocenters. The van der Waals surface area contributed by atoms with Gasteiger partial charge in [0, 0.05) is 16.6 Å². The molecule has 0 saturated heterocycles. The molecule has 0 fully saturated rings. The third-order valence-corrected chi connectivity index (χ3v) is 4.24. The zero-order chi connectivity index (χ0) is 13.9. The van der Waals surface area contributed by atoms with E-state index in [2.05, 4.69) is 15.2 Å². The van der Waals surface area contributed by atoms with Crippen molar-refractivity contribution in [1.82, 2.24) is 15.2 Å². The third-order valence-electron chi connectivity index (χ3n) is 2.94. The standard InChI is InChI=1S/C14H12ClN3OS/c15-13-7-6-10(20-13)5-4-9-8-12(18-17-9)11-2-1-3-14(19)16-11/h1-3,6-8H,4-5H2,(H,16,19)(H,17,18). The lowest BCUT2D eigenvalue weighted by molar-refractivity contribution is 0.904. The quantitative estimate of drug-likeness (QED) is 0.777. The molecule has 0 unspecified atom stereocenters. The molecule has 3 rings (SSSR count). The fourth-order valence-corrected chi connectivity index (χ4v) is 3.06. The van der Waals surface area contributed by atoms with Gasteiger partial charge in [0.1, 0.15) is 5.69 Å². The molecule has 0 radical (unpaired) electrons. The molecule has 6 heteroatoms. The van der Waals surface area contributed by atoms with Crippen molar-refractivity contribution in [1.29, 1.82) is 0 Å². The number of nitrogens with one attached hydrogen (secondary N) is 2. The molecule has 2 N–H and O–H groups in total. The van der Waals surface area contributed by atoms with Gasteiger partial charge in [-0.1, -0.05) is 17.7 Å². The Hall–Kier alpha value is -1.85. The van der Waals surface area contributed by atoms with Crippen LogP contribution in [0.5, 0.6) is 0 Å². The number of aromatic amines is 2. The van der Waals surface area contributed by atoms with Gasteiger partial charge in [-0.2, -0.15) is 5.10 Å². The topological polar surface area (TPSA) is 61.5 Å². The van der Waals surface area contributed by atoms with Gasteiger partial charge in [0.25, 0.3) is 0 Å². The van der Waals surface area contributed by atoms with Crippen molar-refractivity contribution < 1.29 is 0 Å². The largest absolute Gasteiger partial charge is 0.321 e. The van der Waals surface area contributed by atoms with E-state index in [-0.39, 0.29) is 5.56 Å². The van der Waals surface area contributed by atoms with Gasteiger partial charge >= 0.3 is 0 Å². The van der Waals surface area contributed by atoms with Crippen LogP contribution < -0.4 is 5.56 Å². The molecule has 20 heavy (non-hydrogen) atoms. The van der Waals surface area contributed by atoms with Gasteiger partial charge in [0.15, 0.2) is 0 Å². The first-order valence-corrected chi connectivity index (χ1v) is 7.38. The van der Waals surface area contributed by atoms with E-state index in [0.717, 1.165) is 34.3 Å². The second-order valence-corrected chi connectivity index (χ2v) is 6.21. The number of aromatic nitrogens is 3. The van der Waals surface area contributed by atoms with E-state index < -0.39 is 0 Å². The molecular formula is C14H12ClN3OS. The number of thiophene rings is 1. The van der Waals surface area contributed by atoms with Gasteiger partial charge in [-0.25, -0.2) is 0 Å². The highest BCUT2D eigenvalue weighted by atomic mass is 35.5. The molecule has 3 aromatic heterocycles. The minimum absolute atomic E-state index is 0.125. The first kappa shape index (κ1) is 13.1. The Balaban J connectivity index is 1.72. The van der Waals surface area contributed by atoms with Gasteiger partial charge in [-0.15, -0.1) is 11.3 Å². The summed E-state index contributed by atoms with van der Waals surface area (Å²) in [7, 11) is 0. The van der Waals surface area contributed by atoms with Crippen molar-refractivity contribution in [3.05, 3.63) is 61.7 Å². The third kappa shape index (κ3) is 3.00. The predicted octanol–water partition coefficient (Wildman–Crippen LogP) is 3.27. The summed E-state index contributed by atoms with van der Waals surface area (Å²) in [6, 6.07) is 10.9. The van der Waals surface area contributed by atoms with Crippen molar-refractivity contribution in [3.8, 4) is 11.4 Å². The number of hydrogen-bond acceptors (Lipinski definition) is 3. The van der Waals surface area contributed by atoms with Crippen LogP contribution in [0.3, 0.4) is 0 Å². The molecule has 0 bridgehead atoms. The van der Waals surface area contributed by atoms with Crippen LogP contribution in [-0.2, 0) is 12.8 Å². The lowest BCUT2D eigenvalue weighted by atomic mass is 10.2. The highest BCUT2D eigenvalue weighted by molar-refractivity contribution is 7.16. The Morgan fingerprint density at radius 1 is 1.20 bits per heavy atom. The number of halogens is 1. The van der Waals surface area contributed by atoms with Crippen LogP contribution in [0.1, 0.15) is 10.6 Å². The van der Waals surface area contributed by atoms with E-state index in [1.807, 2.05) is 24.3 Å². The molecule has 0 spiro atoms. The Bertz CT molecular complexity index is 774. The zero-order valence-corrected chi connectivity index (χ0v) is 12.1. The van der Waals surface area contributed by atoms with Gasteiger partial charge in [0.2, 0.25) is 5.56 Å². The maximum Gasteiger partial charge on any atom is 0.248 e. The van der Waals surface area contributed by atoms with Gasteiger partial charge in [-0.3, -0.25) is 9.89 Å². The summed E-state index contributed by atoms with van der Waals surface area (Å²) in [5, 5.41) is 7.23. The smallest absolute Gasteiger partial charge is 0.248 e. The van der Waals surface area contributed by atoms with Gasteiger partial charge in [-0.05, 0) is 37.1 Å². The SMILES string of the molecule is O=c1cccc(-c2cc(CCc3ccc(Cl)s3)[nH]n2)[nH]1. The highest BCUT2D eigenvalue weighted by Crippen LogP contribution is 2.23. The normalized spacial score (nSPS) is 10.8. The lowest BCUT2D eigenvalue weighted by Crippen LogP contribution is -2.03. The molecule has 0 aliphatic carbocycles. The summed E-state index contributed by atoms with van der Waals surface area (Å²) in [5.41, 5.74) is 2.38. The maximum atomic E-state index is 11.3. The van der Waals surface area contributed by atoms with Crippen LogP contribution >= 0.6 is 22.9 Å². The lowest BCUT2D eigenvalue weighted by Gasteiger charge is -1.95. The van der Waals surface area contributed by atoms with Crippen molar-refractivity contribution in [2.45, 2.75) is 12.8 Å². The molecule has 3 aromatic rings. The molecule has 3 heterocycles. The molecule has 0 aromatic carbocycles. The average Bonchev–Trinajstić information content (AvgIpc) is 3.05. The van der Waals surface area contributed by atoms with Gasteiger partial charge in [0.05, 0.1) is 10.0 Å². The summed E-state index contributed by atoms with van der Waals surface area (Å²) in [5.74, 6) is 0. The number of rotatable bonds is 4. The van der Waals surface area contributed by atoms with E-state index in [0.29, 0.717) is 0 Å². The average molecular weight is 306 g/mol. The Labute approximate surface area is 124 Å². The van der Waals surface area contributed by atoms with E-state index in [1.165, 1.54) is 10.9 Å². The van der Waals surface area contributed by atoms with E-state index in [9.17, 15) is 4.79 Å². The number of aryl methyl sites for hydroxylation is 2. The summed E-state index contributed by atoms with van der Waals surface area (Å²) < 4.78 is 0.812. The molecule has 102 valence electrons. The van der Waals surface area contributed by atoms with Crippen LogP contribution in [0.2, 0.25) is 4.34 Å². The first-order valence-electron chi connectivity index (χ1n) is 6.19. The molecule has 4 nitrogen and oxygen atoms in total.